The van der Waals surface area contributed by atoms with Crippen LogP contribution >= 0.6 is 0 Å². The van der Waals surface area contributed by atoms with E-state index in [9.17, 15) is 0 Å². The molecule has 1 aromatic heterocycles. The van der Waals surface area contributed by atoms with Crippen LogP contribution in [-0.2, 0) is 11.3 Å². The minimum Gasteiger partial charge on any atom is -0.460 e. The van der Waals surface area contributed by atoms with Crippen molar-refractivity contribution in [3.63, 3.8) is 0 Å². The third-order valence-electron chi connectivity index (χ3n) is 3.21. The molecule has 2 N–H and O–H groups in total. The number of hydrogen-bond acceptors (Lipinski definition) is 5. The van der Waals surface area contributed by atoms with Gasteiger partial charge in [-0.25, -0.2) is 9.97 Å². The normalized spacial score (nSPS) is 28.1. The summed E-state index contributed by atoms with van der Waals surface area (Å²) >= 11 is 0. The van der Waals surface area contributed by atoms with Gasteiger partial charge in [0, 0.05) is 36.8 Å². The van der Waals surface area contributed by atoms with Crippen LogP contribution in [0.2, 0.25) is 0 Å². The van der Waals surface area contributed by atoms with Gasteiger partial charge in [-0.15, -0.1) is 0 Å². The smallest absolute Gasteiger partial charge is 0.316 e. The number of nitrogens with two attached hydrogens (primary N) is 1. The van der Waals surface area contributed by atoms with Gasteiger partial charge in [0.2, 0.25) is 0 Å². The molecule has 0 radical (unpaired) electrons. The highest BCUT2D eigenvalue weighted by Crippen LogP contribution is 2.22. The maximum atomic E-state index is 5.83. The van der Waals surface area contributed by atoms with E-state index in [1.165, 1.54) is 0 Å². The first kappa shape index (κ1) is 13.2. The molecule has 0 aromatic carbocycles. The molecule has 1 fully saturated rings. The van der Waals surface area contributed by atoms with Crippen molar-refractivity contribution in [2.75, 3.05) is 0 Å². The Labute approximate surface area is 108 Å². The van der Waals surface area contributed by atoms with Crippen molar-refractivity contribution < 1.29 is 9.47 Å². The Kier molecular flexibility index (Phi) is 4.14. The van der Waals surface area contributed by atoms with Gasteiger partial charge in [0.05, 0.1) is 12.2 Å². The van der Waals surface area contributed by atoms with E-state index in [1.54, 1.807) is 6.20 Å². The summed E-state index contributed by atoms with van der Waals surface area (Å²) < 4.78 is 11.5. The molecule has 0 spiro atoms. The second-order valence-electron chi connectivity index (χ2n) is 4.94. The number of rotatable bonds is 3. The summed E-state index contributed by atoms with van der Waals surface area (Å²) in [6.07, 6.45) is 4.08. The molecule has 2 rings (SSSR count). The van der Waals surface area contributed by atoms with Gasteiger partial charge in [0.1, 0.15) is 6.10 Å². The van der Waals surface area contributed by atoms with E-state index in [0.717, 1.165) is 24.1 Å². The maximum Gasteiger partial charge on any atom is 0.316 e. The minimum absolute atomic E-state index is 0.131. The molecular weight excluding hydrogens is 230 g/mol. The summed E-state index contributed by atoms with van der Waals surface area (Å²) in [5.41, 5.74) is 7.42. The summed E-state index contributed by atoms with van der Waals surface area (Å²) in [7, 11) is 0. The van der Waals surface area contributed by atoms with E-state index >= 15 is 0 Å². The second-order valence-corrected chi connectivity index (χ2v) is 4.94. The number of ether oxygens (including phenoxy) is 2. The van der Waals surface area contributed by atoms with Crippen molar-refractivity contribution in [3.05, 3.63) is 17.5 Å². The molecule has 5 heteroatoms. The molecule has 0 aliphatic carbocycles. The van der Waals surface area contributed by atoms with E-state index in [-0.39, 0.29) is 18.3 Å². The Hall–Kier alpha value is -1.20. The summed E-state index contributed by atoms with van der Waals surface area (Å²) in [6.45, 7) is 6.51. The number of aryl methyl sites for hydroxylation is 1. The van der Waals surface area contributed by atoms with E-state index in [1.807, 2.05) is 6.92 Å². The van der Waals surface area contributed by atoms with Crippen LogP contribution in [0.3, 0.4) is 0 Å². The zero-order valence-electron chi connectivity index (χ0n) is 11.2. The monoisotopic (exact) mass is 251 g/mol. The molecular formula is C13H21N3O2. The lowest BCUT2D eigenvalue weighted by Crippen LogP contribution is -2.36. The fraction of sp³-hybridized carbons (Fsp3) is 0.692. The van der Waals surface area contributed by atoms with Crippen molar-refractivity contribution in [3.8, 4) is 6.01 Å². The standard InChI is InChI=1S/C13H21N3O2/c1-8-4-12(5-9(2)17-8)18-13-15-7-11(6-14)10(3)16-13/h7-9,12H,4-6,14H2,1-3H3. The summed E-state index contributed by atoms with van der Waals surface area (Å²) in [6, 6.07) is 0.441. The Morgan fingerprint density at radius 3 is 2.61 bits per heavy atom. The molecule has 1 aliphatic heterocycles. The van der Waals surface area contributed by atoms with Crippen molar-refractivity contribution in [1.82, 2.24) is 9.97 Å². The number of hydrogen-bond donors (Lipinski definition) is 1. The second kappa shape index (κ2) is 5.63. The van der Waals surface area contributed by atoms with Crippen LogP contribution in [-0.4, -0.2) is 28.3 Å². The first-order valence-corrected chi connectivity index (χ1v) is 6.43. The molecule has 2 unspecified atom stereocenters. The van der Waals surface area contributed by atoms with Gasteiger partial charge in [0.25, 0.3) is 0 Å². The Morgan fingerprint density at radius 1 is 1.39 bits per heavy atom. The highest BCUT2D eigenvalue weighted by Gasteiger charge is 2.26. The number of aromatic nitrogens is 2. The zero-order chi connectivity index (χ0) is 13.1. The van der Waals surface area contributed by atoms with Crippen LogP contribution < -0.4 is 10.5 Å². The van der Waals surface area contributed by atoms with E-state index in [2.05, 4.69) is 23.8 Å². The molecule has 1 aromatic rings. The van der Waals surface area contributed by atoms with Crippen LogP contribution in [0.15, 0.2) is 6.20 Å². The van der Waals surface area contributed by atoms with Gasteiger partial charge in [-0.05, 0) is 20.8 Å². The molecule has 0 amide bonds. The largest absolute Gasteiger partial charge is 0.460 e. The maximum absolute atomic E-state index is 5.83. The first-order chi connectivity index (χ1) is 8.58. The minimum atomic E-state index is 0.131. The highest BCUT2D eigenvalue weighted by molar-refractivity contribution is 5.17. The molecule has 0 bridgehead atoms. The van der Waals surface area contributed by atoms with Gasteiger partial charge in [-0.2, -0.15) is 0 Å². The van der Waals surface area contributed by atoms with Crippen LogP contribution in [0.25, 0.3) is 0 Å². The molecule has 1 saturated heterocycles. The Morgan fingerprint density at radius 2 is 2.06 bits per heavy atom. The molecule has 0 saturated carbocycles. The molecule has 2 heterocycles. The Bertz CT molecular complexity index is 401. The predicted octanol–water partition coefficient (Wildman–Crippen LogP) is 1.58. The van der Waals surface area contributed by atoms with Gasteiger partial charge < -0.3 is 15.2 Å². The van der Waals surface area contributed by atoms with Gasteiger partial charge in [-0.3, -0.25) is 0 Å². The van der Waals surface area contributed by atoms with Crippen LogP contribution in [0.5, 0.6) is 6.01 Å². The van der Waals surface area contributed by atoms with Gasteiger partial charge in [0.15, 0.2) is 0 Å². The lowest BCUT2D eigenvalue weighted by Gasteiger charge is -2.31. The van der Waals surface area contributed by atoms with Crippen molar-refractivity contribution in [2.45, 2.75) is 58.5 Å². The lowest BCUT2D eigenvalue weighted by molar-refractivity contribution is -0.0739. The first-order valence-electron chi connectivity index (χ1n) is 6.43. The van der Waals surface area contributed by atoms with Crippen LogP contribution in [0, 0.1) is 6.92 Å². The van der Waals surface area contributed by atoms with Crippen LogP contribution in [0.1, 0.15) is 37.9 Å². The van der Waals surface area contributed by atoms with Gasteiger partial charge in [-0.1, -0.05) is 0 Å². The van der Waals surface area contributed by atoms with Crippen molar-refractivity contribution in [1.29, 1.82) is 0 Å². The average Bonchev–Trinajstić information content (AvgIpc) is 2.27. The van der Waals surface area contributed by atoms with E-state index in [4.69, 9.17) is 15.2 Å². The van der Waals surface area contributed by atoms with Gasteiger partial charge >= 0.3 is 6.01 Å². The third-order valence-corrected chi connectivity index (χ3v) is 3.21. The zero-order valence-corrected chi connectivity index (χ0v) is 11.2. The highest BCUT2D eigenvalue weighted by atomic mass is 16.5. The summed E-state index contributed by atoms with van der Waals surface area (Å²) in [5, 5.41) is 0. The molecule has 18 heavy (non-hydrogen) atoms. The molecule has 2 atom stereocenters. The molecule has 1 aliphatic rings. The van der Waals surface area contributed by atoms with Crippen LogP contribution in [0.4, 0.5) is 0 Å². The topological polar surface area (TPSA) is 70.3 Å². The van der Waals surface area contributed by atoms with E-state index < -0.39 is 0 Å². The number of nitrogens with zero attached hydrogens (tertiary/aromatic N) is 2. The van der Waals surface area contributed by atoms with E-state index in [0.29, 0.717) is 12.6 Å². The fourth-order valence-electron chi connectivity index (χ4n) is 2.32. The van der Waals surface area contributed by atoms with Crippen molar-refractivity contribution >= 4 is 0 Å². The SMILES string of the molecule is Cc1nc(OC2CC(C)OC(C)C2)ncc1CN. The molecule has 100 valence electrons. The summed E-state index contributed by atoms with van der Waals surface area (Å²) in [5.74, 6) is 0. The summed E-state index contributed by atoms with van der Waals surface area (Å²) in [4.78, 5) is 8.53. The predicted molar refractivity (Wildman–Crippen MR) is 68.3 cm³/mol. The van der Waals surface area contributed by atoms with Crippen molar-refractivity contribution in [2.24, 2.45) is 5.73 Å². The Balaban J connectivity index is 2.02. The lowest BCUT2D eigenvalue weighted by atomic mass is 10.0. The molecule has 5 nitrogen and oxygen atoms in total. The third kappa shape index (κ3) is 3.17. The fourth-order valence-corrected chi connectivity index (χ4v) is 2.32. The average molecular weight is 251 g/mol. The quantitative estimate of drug-likeness (QED) is 0.883.